The van der Waals surface area contributed by atoms with Gasteiger partial charge in [-0.3, -0.25) is 0 Å². The standard InChI is InChI=1S/C24H25N3O4.CH5NO/c1-29-22-14-19-20(15-23(22)30-11-6-4-2-3-5-10-28)25-16-26-24(19)27-18-7-8-21-17(13-18)9-12-31-21;1-2-3/h7-10,12-16H,2-6,11H2,1H3,(H,25,26,27);2-3H,1H3. The van der Waals surface area contributed by atoms with Crippen molar-refractivity contribution in [3.63, 3.8) is 0 Å². The molecule has 2 aromatic heterocycles. The summed E-state index contributed by atoms with van der Waals surface area (Å²) in [5, 5.41) is 12.5. The summed E-state index contributed by atoms with van der Waals surface area (Å²) in [6, 6.07) is 11.6. The van der Waals surface area contributed by atoms with E-state index in [-0.39, 0.29) is 0 Å². The monoisotopic (exact) mass is 466 g/mol. The number of carbonyl (C=O) groups is 1. The Kier molecular flexibility index (Phi) is 9.63. The molecule has 180 valence electrons. The first-order valence-corrected chi connectivity index (χ1v) is 11.1. The zero-order valence-electron chi connectivity index (χ0n) is 19.4. The third-order valence-electron chi connectivity index (χ3n) is 5.11. The lowest BCUT2D eigenvalue weighted by molar-refractivity contribution is -0.107. The summed E-state index contributed by atoms with van der Waals surface area (Å²) in [6.07, 6.45) is 8.72. The van der Waals surface area contributed by atoms with Crippen LogP contribution in [0.5, 0.6) is 11.5 Å². The summed E-state index contributed by atoms with van der Waals surface area (Å²) in [5.41, 5.74) is 4.26. The summed E-state index contributed by atoms with van der Waals surface area (Å²) in [6.45, 7) is 0.587. The van der Waals surface area contributed by atoms with Crippen LogP contribution in [0.1, 0.15) is 32.1 Å². The van der Waals surface area contributed by atoms with E-state index in [9.17, 15) is 4.79 Å². The van der Waals surface area contributed by atoms with E-state index in [1.54, 1.807) is 18.9 Å². The topological polar surface area (TPSA) is 119 Å². The van der Waals surface area contributed by atoms with E-state index in [2.05, 4.69) is 15.3 Å². The molecule has 0 aliphatic rings. The molecule has 4 aromatic rings. The number of rotatable bonds is 11. The number of carbonyl (C=O) groups excluding carboxylic acids is 1. The van der Waals surface area contributed by atoms with Gasteiger partial charge in [-0.15, -0.1) is 0 Å². The van der Waals surface area contributed by atoms with Crippen LogP contribution in [0.3, 0.4) is 0 Å². The van der Waals surface area contributed by atoms with E-state index in [1.807, 2.05) is 36.4 Å². The molecule has 3 N–H and O–H groups in total. The van der Waals surface area contributed by atoms with Gasteiger partial charge in [-0.1, -0.05) is 12.8 Å². The summed E-state index contributed by atoms with van der Waals surface area (Å²) in [4.78, 5) is 19.2. The first-order chi connectivity index (χ1) is 16.7. The number of nitrogens with one attached hydrogen (secondary N) is 2. The van der Waals surface area contributed by atoms with Crippen LogP contribution < -0.4 is 20.3 Å². The molecule has 34 heavy (non-hydrogen) atoms. The molecule has 2 aromatic carbocycles. The fourth-order valence-corrected chi connectivity index (χ4v) is 3.48. The van der Waals surface area contributed by atoms with Gasteiger partial charge in [0, 0.05) is 36.0 Å². The number of furan rings is 1. The molecule has 0 amide bonds. The fraction of sp³-hybridized carbons (Fsp3) is 0.320. The zero-order valence-corrected chi connectivity index (χ0v) is 19.4. The maximum Gasteiger partial charge on any atom is 0.163 e. The molecule has 9 heteroatoms. The molecule has 0 bridgehead atoms. The molecule has 2 heterocycles. The minimum Gasteiger partial charge on any atom is -0.493 e. The maximum atomic E-state index is 10.4. The lowest BCUT2D eigenvalue weighted by Crippen LogP contribution is -2.01. The van der Waals surface area contributed by atoms with Gasteiger partial charge in [0.1, 0.15) is 24.0 Å². The molecule has 0 saturated carbocycles. The number of hydrogen-bond donors (Lipinski definition) is 3. The molecular formula is C25H30N4O5. The molecule has 0 saturated heterocycles. The number of aldehydes is 1. The Morgan fingerprint density at radius 2 is 1.88 bits per heavy atom. The van der Waals surface area contributed by atoms with Crippen molar-refractivity contribution in [2.45, 2.75) is 32.1 Å². The predicted octanol–water partition coefficient (Wildman–Crippen LogP) is 5.25. The summed E-state index contributed by atoms with van der Waals surface area (Å²) < 4.78 is 16.9. The zero-order chi connectivity index (χ0) is 24.2. The van der Waals surface area contributed by atoms with E-state index in [1.165, 1.54) is 13.4 Å². The maximum absolute atomic E-state index is 10.4. The van der Waals surface area contributed by atoms with Crippen LogP contribution in [-0.4, -0.2) is 42.2 Å². The second-order valence-electron chi connectivity index (χ2n) is 7.48. The predicted molar refractivity (Wildman–Crippen MR) is 131 cm³/mol. The largest absolute Gasteiger partial charge is 0.493 e. The molecule has 0 radical (unpaired) electrons. The van der Waals surface area contributed by atoms with Crippen molar-refractivity contribution < 1.29 is 23.9 Å². The number of fused-ring (bicyclic) bond motifs is 2. The van der Waals surface area contributed by atoms with Crippen molar-refractivity contribution in [2.24, 2.45) is 0 Å². The Labute approximate surface area is 198 Å². The van der Waals surface area contributed by atoms with Gasteiger partial charge in [0.05, 0.1) is 25.5 Å². The van der Waals surface area contributed by atoms with Crippen LogP contribution in [0.25, 0.3) is 21.9 Å². The lowest BCUT2D eigenvalue weighted by atomic mass is 10.1. The van der Waals surface area contributed by atoms with Gasteiger partial charge in [0.25, 0.3) is 0 Å². The highest BCUT2D eigenvalue weighted by Crippen LogP contribution is 2.35. The third kappa shape index (κ3) is 6.66. The quantitative estimate of drug-likeness (QED) is 0.155. The van der Waals surface area contributed by atoms with Crippen molar-refractivity contribution in [2.75, 3.05) is 26.1 Å². The minimum absolute atomic E-state index is 0.587. The number of ether oxygens (including phenoxy) is 2. The van der Waals surface area contributed by atoms with Crippen molar-refractivity contribution in [3.05, 3.63) is 49.0 Å². The molecule has 0 fully saturated rings. The number of anilines is 2. The van der Waals surface area contributed by atoms with E-state index < -0.39 is 0 Å². The number of hydroxylamine groups is 1. The molecule has 9 nitrogen and oxygen atoms in total. The molecule has 0 aliphatic carbocycles. The Balaban J connectivity index is 0.00000103. The summed E-state index contributed by atoms with van der Waals surface area (Å²) in [5.74, 6) is 1.98. The first kappa shape index (κ1) is 24.9. The van der Waals surface area contributed by atoms with Gasteiger partial charge < -0.3 is 29.2 Å². The van der Waals surface area contributed by atoms with E-state index in [4.69, 9.17) is 19.1 Å². The van der Waals surface area contributed by atoms with Crippen molar-refractivity contribution >= 4 is 39.7 Å². The van der Waals surface area contributed by atoms with E-state index in [0.717, 1.165) is 59.5 Å². The molecule has 4 rings (SSSR count). The van der Waals surface area contributed by atoms with Crippen molar-refractivity contribution in [3.8, 4) is 11.5 Å². The Morgan fingerprint density at radius 1 is 1.06 bits per heavy atom. The molecule has 0 atom stereocenters. The Morgan fingerprint density at radius 3 is 2.68 bits per heavy atom. The fourth-order valence-electron chi connectivity index (χ4n) is 3.48. The highest BCUT2D eigenvalue weighted by molar-refractivity contribution is 5.93. The van der Waals surface area contributed by atoms with Crippen LogP contribution in [0.15, 0.2) is 53.4 Å². The number of aromatic nitrogens is 2. The second kappa shape index (κ2) is 13.1. The second-order valence-corrected chi connectivity index (χ2v) is 7.48. The van der Waals surface area contributed by atoms with Crippen LogP contribution >= 0.6 is 0 Å². The molecule has 0 unspecified atom stereocenters. The average Bonchev–Trinajstić information content (AvgIpc) is 3.32. The number of nitrogens with zero attached hydrogens (tertiary/aromatic N) is 2. The van der Waals surface area contributed by atoms with Crippen molar-refractivity contribution in [1.29, 1.82) is 0 Å². The summed E-state index contributed by atoms with van der Waals surface area (Å²) >= 11 is 0. The van der Waals surface area contributed by atoms with Gasteiger partial charge >= 0.3 is 0 Å². The highest BCUT2D eigenvalue weighted by Gasteiger charge is 2.12. The van der Waals surface area contributed by atoms with Crippen LogP contribution in [0, 0.1) is 0 Å². The molecule has 0 spiro atoms. The molecular weight excluding hydrogens is 436 g/mol. The van der Waals surface area contributed by atoms with Crippen LogP contribution in [0.4, 0.5) is 11.5 Å². The van der Waals surface area contributed by atoms with Crippen LogP contribution in [-0.2, 0) is 4.79 Å². The molecule has 0 aliphatic heterocycles. The van der Waals surface area contributed by atoms with Gasteiger partial charge in [-0.2, -0.15) is 0 Å². The summed E-state index contributed by atoms with van der Waals surface area (Å²) in [7, 11) is 3.05. The lowest BCUT2D eigenvalue weighted by Gasteiger charge is -2.14. The van der Waals surface area contributed by atoms with Gasteiger partial charge in [0.2, 0.25) is 0 Å². The van der Waals surface area contributed by atoms with Crippen LogP contribution in [0.2, 0.25) is 0 Å². The minimum atomic E-state index is 0.587. The number of hydrogen-bond acceptors (Lipinski definition) is 9. The van der Waals surface area contributed by atoms with Crippen molar-refractivity contribution in [1.82, 2.24) is 15.4 Å². The first-order valence-electron chi connectivity index (χ1n) is 11.1. The smallest absolute Gasteiger partial charge is 0.163 e. The van der Waals surface area contributed by atoms with E-state index in [0.29, 0.717) is 30.3 Å². The average molecular weight is 467 g/mol. The highest BCUT2D eigenvalue weighted by atomic mass is 16.5. The Bertz CT molecular complexity index is 1190. The SMILES string of the molecule is CNO.COc1cc2c(Nc3ccc4occc4c3)ncnc2cc1OCCCCCCC=O. The van der Waals surface area contributed by atoms with Gasteiger partial charge in [0.15, 0.2) is 11.5 Å². The number of unbranched alkanes of at least 4 members (excludes halogenated alkanes) is 4. The normalized spacial score (nSPS) is 10.6. The number of methoxy groups -OCH3 is 1. The number of benzene rings is 2. The Hall–Kier alpha value is -3.69. The van der Waals surface area contributed by atoms with Gasteiger partial charge in [-0.05, 0) is 43.2 Å². The third-order valence-corrected chi connectivity index (χ3v) is 5.11. The van der Waals surface area contributed by atoms with E-state index >= 15 is 0 Å². The van der Waals surface area contributed by atoms with Gasteiger partial charge in [-0.25, -0.2) is 15.4 Å².